The van der Waals surface area contributed by atoms with Crippen molar-refractivity contribution in [2.24, 2.45) is 11.0 Å². The summed E-state index contributed by atoms with van der Waals surface area (Å²) in [6.45, 7) is -0.0762. The van der Waals surface area contributed by atoms with Crippen molar-refractivity contribution in [1.82, 2.24) is 9.91 Å². The van der Waals surface area contributed by atoms with Crippen molar-refractivity contribution in [2.45, 2.75) is 31.7 Å². The SMILES string of the molecule is CN(CC(=O)N1N=C(c2ccc(F)cc2)C[C@@H]1c1ccc(F)cc1)C(=O)C1CCC1. The monoisotopic (exact) mass is 411 g/mol. The van der Waals surface area contributed by atoms with Gasteiger partial charge in [-0.05, 0) is 48.2 Å². The van der Waals surface area contributed by atoms with Gasteiger partial charge in [-0.2, -0.15) is 5.10 Å². The van der Waals surface area contributed by atoms with Crippen LogP contribution in [0.4, 0.5) is 8.78 Å². The molecule has 1 aliphatic carbocycles. The van der Waals surface area contributed by atoms with Gasteiger partial charge in [0.25, 0.3) is 5.91 Å². The Bertz CT molecular complexity index is 969. The van der Waals surface area contributed by atoms with E-state index in [1.807, 2.05) is 0 Å². The number of amides is 2. The van der Waals surface area contributed by atoms with Gasteiger partial charge in [0.2, 0.25) is 5.91 Å². The van der Waals surface area contributed by atoms with Gasteiger partial charge in [0.1, 0.15) is 18.2 Å². The lowest BCUT2D eigenvalue weighted by atomic mass is 9.84. The molecule has 0 saturated heterocycles. The van der Waals surface area contributed by atoms with E-state index in [1.54, 1.807) is 31.3 Å². The Morgan fingerprint density at radius 2 is 1.63 bits per heavy atom. The molecule has 4 rings (SSSR count). The molecule has 0 radical (unpaired) electrons. The average molecular weight is 411 g/mol. The maximum atomic E-state index is 13.4. The molecule has 1 aliphatic heterocycles. The zero-order valence-corrected chi connectivity index (χ0v) is 16.7. The summed E-state index contributed by atoms with van der Waals surface area (Å²) in [5.74, 6) is -1.03. The van der Waals surface area contributed by atoms with Gasteiger partial charge < -0.3 is 4.90 Å². The van der Waals surface area contributed by atoms with Crippen LogP contribution in [-0.2, 0) is 9.59 Å². The van der Waals surface area contributed by atoms with Crippen LogP contribution in [0.3, 0.4) is 0 Å². The minimum Gasteiger partial charge on any atom is -0.336 e. The van der Waals surface area contributed by atoms with E-state index in [2.05, 4.69) is 5.10 Å². The predicted molar refractivity (Wildman–Crippen MR) is 109 cm³/mol. The number of nitrogens with zero attached hydrogens (tertiary/aromatic N) is 3. The molecule has 2 aromatic carbocycles. The van der Waals surface area contributed by atoms with Gasteiger partial charge in [0.05, 0.1) is 11.8 Å². The van der Waals surface area contributed by atoms with E-state index < -0.39 is 6.04 Å². The fourth-order valence-electron chi connectivity index (χ4n) is 3.82. The molecule has 0 spiro atoms. The molecule has 30 heavy (non-hydrogen) atoms. The molecular formula is C23H23F2N3O2. The number of hydrogen-bond acceptors (Lipinski definition) is 3. The van der Waals surface area contributed by atoms with E-state index in [4.69, 9.17) is 0 Å². The summed E-state index contributed by atoms with van der Waals surface area (Å²) in [7, 11) is 1.63. The Morgan fingerprint density at radius 1 is 1.03 bits per heavy atom. The van der Waals surface area contributed by atoms with Gasteiger partial charge in [0, 0.05) is 19.4 Å². The Labute approximate surface area is 174 Å². The van der Waals surface area contributed by atoms with Crippen molar-refractivity contribution in [3.05, 3.63) is 71.3 Å². The lowest BCUT2D eigenvalue weighted by Gasteiger charge is -2.30. The van der Waals surface area contributed by atoms with Crippen molar-refractivity contribution in [3.8, 4) is 0 Å². The summed E-state index contributed by atoms with van der Waals surface area (Å²) in [4.78, 5) is 26.9. The van der Waals surface area contributed by atoms with Crippen molar-refractivity contribution in [2.75, 3.05) is 13.6 Å². The number of carbonyl (C=O) groups is 2. The van der Waals surface area contributed by atoms with Gasteiger partial charge in [-0.25, -0.2) is 13.8 Å². The van der Waals surface area contributed by atoms with Crippen LogP contribution in [0, 0.1) is 17.6 Å². The van der Waals surface area contributed by atoms with Crippen molar-refractivity contribution in [3.63, 3.8) is 0 Å². The van der Waals surface area contributed by atoms with Gasteiger partial charge in [-0.3, -0.25) is 9.59 Å². The number of rotatable bonds is 5. The Balaban J connectivity index is 1.57. The highest BCUT2D eigenvalue weighted by molar-refractivity contribution is 6.03. The fourth-order valence-corrected chi connectivity index (χ4v) is 3.82. The molecule has 7 heteroatoms. The lowest BCUT2D eigenvalue weighted by Crippen LogP contribution is -2.42. The Morgan fingerprint density at radius 3 is 2.20 bits per heavy atom. The summed E-state index contributed by atoms with van der Waals surface area (Å²) in [6, 6.07) is 11.5. The van der Waals surface area contributed by atoms with Gasteiger partial charge in [-0.1, -0.05) is 30.7 Å². The number of carbonyl (C=O) groups excluding carboxylic acids is 2. The van der Waals surface area contributed by atoms with E-state index in [1.165, 1.54) is 34.2 Å². The fraction of sp³-hybridized carbons (Fsp3) is 0.348. The second-order valence-electron chi connectivity index (χ2n) is 7.89. The first-order valence-electron chi connectivity index (χ1n) is 10.1. The van der Waals surface area contributed by atoms with Crippen molar-refractivity contribution < 1.29 is 18.4 Å². The summed E-state index contributed by atoms with van der Waals surface area (Å²) >= 11 is 0. The summed E-state index contributed by atoms with van der Waals surface area (Å²) in [6.07, 6.45) is 3.20. The second-order valence-corrected chi connectivity index (χ2v) is 7.89. The van der Waals surface area contributed by atoms with E-state index >= 15 is 0 Å². The molecule has 1 fully saturated rings. The number of hydrazone groups is 1. The highest BCUT2D eigenvalue weighted by atomic mass is 19.1. The van der Waals surface area contributed by atoms with Crippen LogP contribution in [0.25, 0.3) is 0 Å². The summed E-state index contributed by atoms with van der Waals surface area (Å²) < 4.78 is 26.7. The van der Waals surface area contributed by atoms with Crippen LogP contribution in [-0.4, -0.2) is 41.0 Å². The smallest absolute Gasteiger partial charge is 0.262 e. The quantitative estimate of drug-likeness (QED) is 0.749. The molecule has 1 atom stereocenters. The number of halogens is 2. The molecule has 1 saturated carbocycles. The summed E-state index contributed by atoms with van der Waals surface area (Å²) in [5, 5.41) is 5.88. The molecule has 2 aromatic rings. The van der Waals surface area contributed by atoms with Gasteiger partial charge in [0.15, 0.2) is 0 Å². The summed E-state index contributed by atoms with van der Waals surface area (Å²) in [5.41, 5.74) is 2.11. The Hall–Kier alpha value is -3.09. The van der Waals surface area contributed by atoms with Gasteiger partial charge in [-0.15, -0.1) is 0 Å². The third kappa shape index (κ3) is 4.10. The lowest BCUT2D eigenvalue weighted by molar-refractivity contribution is -0.144. The molecule has 0 aromatic heterocycles. The highest BCUT2D eigenvalue weighted by Gasteiger charge is 2.35. The molecule has 5 nitrogen and oxygen atoms in total. The normalized spacial score (nSPS) is 18.7. The van der Waals surface area contributed by atoms with E-state index in [9.17, 15) is 18.4 Å². The molecular weight excluding hydrogens is 388 g/mol. The van der Waals surface area contributed by atoms with Crippen LogP contribution in [0.5, 0.6) is 0 Å². The largest absolute Gasteiger partial charge is 0.336 e. The molecule has 0 N–H and O–H groups in total. The molecule has 156 valence electrons. The van der Waals surface area contributed by atoms with Crippen LogP contribution in [0.2, 0.25) is 0 Å². The third-order valence-corrected chi connectivity index (χ3v) is 5.80. The number of likely N-dealkylation sites (N-methyl/N-ethyl adjacent to an activating group) is 1. The topological polar surface area (TPSA) is 53.0 Å². The van der Waals surface area contributed by atoms with E-state index in [0.717, 1.165) is 30.4 Å². The van der Waals surface area contributed by atoms with Crippen LogP contribution >= 0.6 is 0 Å². The first-order chi connectivity index (χ1) is 14.4. The van der Waals surface area contributed by atoms with E-state index in [-0.39, 0.29) is 35.9 Å². The van der Waals surface area contributed by atoms with Crippen LogP contribution in [0.1, 0.15) is 42.9 Å². The van der Waals surface area contributed by atoms with Crippen LogP contribution < -0.4 is 0 Å². The minimum atomic E-state index is -0.412. The highest BCUT2D eigenvalue weighted by Crippen LogP contribution is 2.33. The Kier molecular flexibility index (Phi) is 5.61. The molecule has 0 unspecified atom stereocenters. The molecule has 0 bridgehead atoms. The predicted octanol–water partition coefficient (Wildman–Crippen LogP) is 3.90. The van der Waals surface area contributed by atoms with Crippen molar-refractivity contribution in [1.29, 1.82) is 0 Å². The standard InChI is InChI=1S/C23H23F2N3O2/c1-27(23(30)17-3-2-4-17)14-22(29)28-21(16-7-11-19(25)12-8-16)13-20(26-28)15-5-9-18(24)10-6-15/h5-12,17,21H,2-4,13-14H2,1H3/t21-/m1/s1. The first-order valence-corrected chi connectivity index (χ1v) is 10.1. The van der Waals surface area contributed by atoms with Crippen LogP contribution in [0.15, 0.2) is 53.6 Å². The van der Waals surface area contributed by atoms with E-state index in [0.29, 0.717) is 12.1 Å². The third-order valence-electron chi connectivity index (χ3n) is 5.80. The second kappa shape index (κ2) is 8.34. The molecule has 2 amide bonds. The van der Waals surface area contributed by atoms with Gasteiger partial charge >= 0.3 is 0 Å². The zero-order chi connectivity index (χ0) is 21.3. The molecule has 1 heterocycles. The zero-order valence-electron chi connectivity index (χ0n) is 16.7. The maximum absolute atomic E-state index is 13.4. The van der Waals surface area contributed by atoms with Crippen molar-refractivity contribution >= 4 is 17.5 Å². The number of benzene rings is 2. The molecule has 2 aliphatic rings. The number of hydrogen-bond donors (Lipinski definition) is 0. The maximum Gasteiger partial charge on any atom is 0.262 e. The minimum absolute atomic E-state index is 0.00699. The first kappa shape index (κ1) is 20.2. The average Bonchev–Trinajstić information content (AvgIpc) is 3.13.